The number of thioether (sulfide) groups is 2. The molecule has 0 aromatic heterocycles. The SMILES string of the molecule is COc1ccc(C2SCC(=O)N2CCSC(C)(C)C)c(OC)c1OC. The van der Waals surface area contributed by atoms with E-state index in [4.69, 9.17) is 14.2 Å². The summed E-state index contributed by atoms with van der Waals surface area (Å²) < 4.78 is 16.6. The van der Waals surface area contributed by atoms with Gasteiger partial charge in [0.05, 0.1) is 27.1 Å². The topological polar surface area (TPSA) is 48.0 Å². The number of carbonyl (C=O) groups is 1. The number of methoxy groups -OCH3 is 3. The molecular formula is C18H27NO4S2. The predicted molar refractivity (Wildman–Crippen MR) is 105 cm³/mol. The lowest BCUT2D eigenvalue weighted by atomic mass is 10.1. The molecule has 1 heterocycles. The van der Waals surface area contributed by atoms with Gasteiger partial charge in [-0.05, 0) is 12.1 Å². The lowest BCUT2D eigenvalue weighted by Gasteiger charge is -2.27. The second-order valence-electron chi connectivity index (χ2n) is 6.63. The average molecular weight is 386 g/mol. The van der Waals surface area contributed by atoms with Crippen molar-refractivity contribution >= 4 is 29.4 Å². The van der Waals surface area contributed by atoms with Crippen LogP contribution in [0.4, 0.5) is 0 Å². The first-order valence-corrected chi connectivity index (χ1v) is 10.2. The lowest BCUT2D eigenvalue weighted by molar-refractivity contribution is -0.127. The minimum atomic E-state index is -0.0668. The highest BCUT2D eigenvalue weighted by Gasteiger charge is 2.35. The molecule has 1 aliphatic heterocycles. The number of nitrogens with zero attached hydrogens (tertiary/aromatic N) is 1. The van der Waals surface area contributed by atoms with Crippen LogP contribution in [0.3, 0.4) is 0 Å². The monoisotopic (exact) mass is 385 g/mol. The first-order valence-electron chi connectivity index (χ1n) is 8.16. The molecule has 1 fully saturated rings. The summed E-state index contributed by atoms with van der Waals surface area (Å²) in [5.74, 6) is 3.37. The van der Waals surface area contributed by atoms with Gasteiger partial charge in [-0.2, -0.15) is 11.8 Å². The van der Waals surface area contributed by atoms with E-state index in [0.29, 0.717) is 23.0 Å². The van der Waals surface area contributed by atoms with Crippen LogP contribution < -0.4 is 14.2 Å². The third-order valence-corrected chi connectivity index (χ3v) is 6.33. The van der Waals surface area contributed by atoms with Crippen LogP contribution in [0.1, 0.15) is 31.7 Å². The Morgan fingerprint density at radius 2 is 1.84 bits per heavy atom. The summed E-state index contributed by atoms with van der Waals surface area (Å²) in [5, 5.41) is -0.0668. The van der Waals surface area contributed by atoms with E-state index in [1.807, 2.05) is 28.8 Å². The van der Waals surface area contributed by atoms with Gasteiger partial charge in [-0.25, -0.2) is 0 Å². The van der Waals surface area contributed by atoms with Crippen LogP contribution in [-0.2, 0) is 4.79 Å². The van der Waals surface area contributed by atoms with Crippen molar-refractivity contribution in [3.8, 4) is 17.2 Å². The van der Waals surface area contributed by atoms with Crippen molar-refractivity contribution in [2.24, 2.45) is 0 Å². The Morgan fingerprint density at radius 3 is 2.40 bits per heavy atom. The maximum atomic E-state index is 12.4. The van der Waals surface area contributed by atoms with Crippen LogP contribution in [0.2, 0.25) is 0 Å². The molecule has 1 aromatic carbocycles. The van der Waals surface area contributed by atoms with Crippen molar-refractivity contribution in [3.63, 3.8) is 0 Å². The maximum absolute atomic E-state index is 12.4. The quantitative estimate of drug-likeness (QED) is 0.711. The third kappa shape index (κ3) is 4.70. The van der Waals surface area contributed by atoms with E-state index in [1.54, 1.807) is 33.1 Å². The molecule has 25 heavy (non-hydrogen) atoms. The number of benzene rings is 1. The molecule has 0 radical (unpaired) electrons. The predicted octanol–water partition coefficient (Wildman–Crippen LogP) is 3.82. The molecule has 0 aliphatic carbocycles. The second-order valence-corrected chi connectivity index (χ2v) is 9.63. The summed E-state index contributed by atoms with van der Waals surface area (Å²) in [6.07, 6.45) is 0. The molecule has 0 saturated carbocycles. The minimum Gasteiger partial charge on any atom is -0.493 e. The van der Waals surface area contributed by atoms with Gasteiger partial charge < -0.3 is 19.1 Å². The molecule has 2 rings (SSSR count). The van der Waals surface area contributed by atoms with E-state index in [-0.39, 0.29) is 16.0 Å². The molecule has 5 nitrogen and oxygen atoms in total. The summed E-state index contributed by atoms with van der Waals surface area (Å²) >= 11 is 3.49. The van der Waals surface area contributed by atoms with Gasteiger partial charge in [0.1, 0.15) is 5.37 Å². The number of hydrogen-bond acceptors (Lipinski definition) is 6. The fourth-order valence-corrected chi connectivity index (χ4v) is 4.86. The summed E-state index contributed by atoms with van der Waals surface area (Å²) in [6.45, 7) is 7.28. The smallest absolute Gasteiger partial charge is 0.233 e. The number of amides is 1. The molecule has 1 aliphatic rings. The fraction of sp³-hybridized carbons (Fsp3) is 0.611. The van der Waals surface area contributed by atoms with Crippen molar-refractivity contribution in [3.05, 3.63) is 17.7 Å². The molecular weight excluding hydrogens is 358 g/mol. The highest BCUT2D eigenvalue weighted by Crippen LogP contribution is 2.48. The van der Waals surface area contributed by atoms with Gasteiger partial charge in [-0.1, -0.05) is 20.8 Å². The summed E-state index contributed by atoms with van der Waals surface area (Å²) in [4.78, 5) is 14.3. The normalized spacial score (nSPS) is 17.8. The van der Waals surface area contributed by atoms with Crippen molar-refractivity contribution in [2.75, 3.05) is 39.4 Å². The maximum Gasteiger partial charge on any atom is 0.233 e. The fourth-order valence-electron chi connectivity index (χ4n) is 2.72. The number of hydrogen-bond donors (Lipinski definition) is 0. The van der Waals surface area contributed by atoms with E-state index < -0.39 is 0 Å². The zero-order valence-electron chi connectivity index (χ0n) is 15.8. The lowest BCUT2D eigenvalue weighted by Crippen LogP contribution is -2.31. The molecule has 1 saturated heterocycles. The van der Waals surface area contributed by atoms with Crippen molar-refractivity contribution in [1.29, 1.82) is 0 Å². The van der Waals surface area contributed by atoms with Gasteiger partial charge in [0.25, 0.3) is 0 Å². The Bertz CT molecular complexity index is 616. The second kappa shape index (κ2) is 8.45. The van der Waals surface area contributed by atoms with E-state index in [2.05, 4.69) is 20.8 Å². The van der Waals surface area contributed by atoms with Crippen molar-refractivity contribution in [1.82, 2.24) is 4.90 Å². The Balaban J connectivity index is 2.28. The highest BCUT2D eigenvalue weighted by atomic mass is 32.2. The van der Waals surface area contributed by atoms with Crippen LogP contribution in [0.25, 0.3) is 0 Å². The molecule has 1 amide bonds. The minimum absolute atomic E-state index is 0.0668. The number of ether oxygens (including phenoxy) is 3. The summed E-state index contributed by atoms with van der Waals surface area (Å²) in [5.41, 5.74) is 0.941. The largest absolute Gasteiger partial charge is 0.493 e. The van der Waals surface area contributed by atoms with Crippen LogP contribution >= 0.6 is 23.5 Å². The Morgan fingerprint density at radius 1 is 1.16 bits per heavy atom. The number of carbonyl (C=O) groups excluding carboxylic acids is 1. The molecule has 0 N–H and O–H groups in total. The molecule has 0 bridgehead atoms. The van der Waals surface area contributed by atoms with Gasteiger partial charge in [-0.3, -0.25) is 4.79 Å². The van der Waals surface area contributed by atoms with Gasteiger partial charge in [0.2, 0.25) is 11.7 Å². The van der Waals surface area contributed by atoms with E-state index in [1.165, 1.54) is 0 Å². The molecule has 1 unspecified atom stereocenters. The Labute approximate surface area is 158 Å². The molecule has 7 heteroatoms. The van der Waals surface area contributed by atoms with Gasteiger partial charge in [-0.15, -0.1) is 11.8 Å². The van der Waals surface area contributed by atoms with Gasteiger partial charge >= 0.3 is 0 Å². The molecule has 1 atom stereocenters. The Hall–Kier alpha value is -1.21. The van der Waals surface area contributed by atoms with Crippen molar-refractivity contribution < 1.29 is 19.0 Å². The van der Waals surface area contributed by atoms with Gasteiger partial charge in [0.15, 0.2) is 11.5 Å². The zero-order valence-corrected chi connectivity index (χ0v) is 17.4. The van der Waals surface area contributed by atoms with Crippen molar-refractivity contribution in [2.45, 2.75) is 30.9 Å². The van der Waals surface area contributed by atoms with Crippen LogP contribution in [0.15, 0.2) is 12.1 Å². The first-order chi connectivity index (χ1) is 11.8. The highest BCUT2D eigenvalue weighted by molar-refractivity contribution is 8.01. The van der Waals surface area contributed by atoms with Crippen LogP contribution in [0, 0.1) is 0 Å². The van der Waals surface area contributed by atoms with Gasteiger partial charge in [0, 0.05) is 22.6 Å². The standard InChI is InChI=1S/C18H27NO4S2/c1-18(2,3)25-10-9-19-14(20)11-24-17(19)12-7-8-13(21-4)16(23-6)15(12)22-5/h7-8,17H,9-11H2,1-6H3. The van der Waals surface area contributed by atoms with E-state index in [0.717, 1.165) is 17.9 Å². The zero-order chi connectivity index (χ0) is 18.6. The van der Waals surface area contributed by atoms with E-state index in [9.17, 15) is 4.79 Å². The van der Waals surface area contributed by atoms with Crippen LogP contribution in [0.5, 0.6) is 17.2 Å². The number of rotatable bonds is 7. The van der Waals surface area contributed by atoms with E-state index >= 15 is 0 Å². The first kappa shape index (κ1) is 20.1. The summed E-state index contributed by atoms with van der Waals surface area (Å²) in [7, 11) is 4.80. The summed E-state index contributed by atoms with van der Waals surface area (Å²) in [6, 6.07) is 3.82. The Kier molecular flexibility index (Phi) is 6.79. The molecule has 140 valence electrons. The molecule has 1 aromatic rings. The van der Waals surface area contributed by atoms with Crippen LogP contribution in [-0.4, -0.2) is 54.9 Å². The third-order valence-electron chi connectivity index (χ3n) is 3.84. The average Bonchev–Trinajstić information content (AvgIpc) is 2.93. The molecule has 0 spiro atoms.